The smallest absolute Gasteiger partial charge is 0.123 e. The fourth-order valence-electron chi connectivity index (χ4n) is 1.73. The Labute approximate surface area is 130 Å². The Morgan fingerprint density at radius 1 is 1.16 bits per heavy atom. The van der Waals surface area contributed by atoms with Crippen LogP contribution in [0.25, 0.3) is 0 Å². The van der Waals surface area contributed by atoms with E-state index in [1.807, 2.05) is 24.3 Å². The van der Waals surface area contributed by atoms with E-state index in [0.29, 0.717) is 11.6 Å². The third-order valence-electron chi connectivity index (χ3n) is 2.72. The van der Waals surface area contributed by atoms with Crippen LogP contribution in [0.5, 0.6) is 0 Å². The molecule has 0 aromatic heterocycles. The molecule has 0 fully saturated rings. The van der Waals surface area contributed by atoms with Crippen molar-refractivity contribution in [3.8, 4) is 0 Å². The summed E-state index contributed by atoms with van der Waals surface area (Å²) in [6.07, 6.45) is -0.0415. The van der Waals surface area contributed by atoms with Gasteiger partial charge in [0, 0.05) is 9.45 Å². The fourth-order valence-corrected chi connectivity index (χ4v) is 2.71. The second-order valence-corrected chi connectivity index (χ2v) is 5.45. The second kappa shape index (κ2) is 7.22. The molecule has 0 saturated heterocycles. The van der Waals surface area contributed by atoms with Crippen molar-refractivity contribution in [2.24, 2.45) is 0 Å². The Morgan fingerprint density at radius 2 is 1.89 bits per heavy atom. The first-order valence-corrected chi connectivity index (χ1v) is 7.77. The van der Waals surface area contributed by atoms with Crippen LogP contribution < -0.4 is 0 Å². The maximum atomic E-state index is 12.9. The quantitative estimate of drug-likeness (QED) is 0.505. The number of alkyl halides is 1. The molecule has 1 nitrogen and oxygen atoms in total. The van der Waals surface area contributed by atoms with E-state index in [4.69, 9.17) is 16.3 Å². The summed E-state index contributed by atoms with van der Waals surface area (Å²) in [6, 6.07) is 14.0. The van der Waals surface area contributed by atoms with Crippen LogP contribution in [-0.4, -0.2) is 4.43 Å². The SMILES string of the molecule is Fc1ccc(C(CI)OCc2cccc(Cl)c2)cc1. The summed E-state index contributed by atoms with van der Waals surface area (Å²) in [4.78, 5) is 0. The Hall–Kier alpha value is -0.650. The molecule has 0 spiro atoms. The van der Waals surface area contributed by atoms with Gasteiger partial charge >= 0.3 is 0 Å². The van der Waals surface area contributed by atoms with E-state index in [-0.39, 0.29) is 11.9 Å². The van der Waals surface area contributed by atoms with Crippen LogP contribution in [0, 0.1) is 5.82 Å². The van der Waals surface area contributed by atoms with Crippen LogP contribution in [0.1, 0.15) is 17.2 Å². The Balaban J connectivity index is 2.01. The van der Waals surface area contributed by atoms with Gasteiger partial charge in [0.05, 0.1) is 12.7 Å². The van der Waals surface area contributed by atoms with E-state index in [0.717, 1.165) is 15.6 Å². The van der Waals surface area contributed by atoms with Gasteiger partial charge in [-0.25, -0.2) is 4.39 Å². The maximum Gasteiger partial charge on any atom is 0.123 e. The van der Waals surface area contributed by atoms with Crippen LogP contribution in [0.3, 0.4) is 0 Å². The first-order chi connectivity index (χ1) is 9.19. The predicted molar refractivity (Wildman–Crippen MR) is 84.3 cm³/mol. The van der Waals surface area contributed by atoms with Gasteiger partial charge in [-0.2, -0.15) is 0 Å². The Kier molecular flexibility index (Phi) is 5.60. The van der Waals surface area contributed by atoms with Gasteiger partial charge in [0.25, 0.3) is 0 Å². The normalized spacial score (nSPS) is 12.4. The van der Waals surface area contributed by atoms with Crippen molar-refractivity contribution in [2.75, 3.05) is 4.43 Å². The molecule has 1 unspecified atom stereocenters. The standard InChI is InChI=1S/C15H13ClFIO/c16-13-3-1-2-11(8-13)10-19-15(9-18)12-4-6-14(17)7-5-12/h1-8,15H,9-10H2. The van der Waals surface area contributed by atoms with E-state index in [1.165, 1.54) is 12.1 Å². The number of rotatable bonds is 5. The van der Waals surface area contributed by atoms with Gasteiger partial charge in [-0.1, -0.05) is 58.5 Å². The van der Waals surface area contributed by atoms with Crippen molar-refractivity contribution >= 4 is 34.2 Å². The van der Waals surface area contributed by atoms with Crippen LogP contribution in [0.15, 0.2) is 48.5 Å². The molecule has 0 N–H and O–H groups in total. The number of halogens is 3. The third kappa shape index (κ3) is 4.44. The highest BCUT2D eigenvalue weighted by atomic mass is 127. The molecule has 0 heterocycles. The molecule has 0 amide bonds. The zero-order valence-electron chi connectivity index (χ0n) is 10.2. The molecule has 1 atom stereocenters. The van der Waals surface area contributed by atoms with Gasteiger partial charge in [-0.15, -0.1) is 0 Å². The minimum absolute atomic E-state index is 0.0415. The zero-order chi connectivity index (χ0) is 13.7. The van der Waals surface area contributed by atoms with Crippen molar-refractivity contribution in [3.63, 3.8) is 0 Å². The molecule has 0 aliphatic heterocycles. The summed E-state index contributed by atoms with van der Waals surface area (Å²) >= 11 is 8.20. The lowest BCUT2D eigenvalue weighted by molar-refractivity contribution is 0.0577. The zero-order valence-corrected chi connectivity index (χ0v) is 13.1. The lowest BCUT2D eigenvalue weighted by atomic mass is 10.1. The number of ether oxygens (including phenoxy) is 1. The van der Waals surface area contributed by atoms with E-state index >= 15 is 0 Å². The molecule has 2 aromatic rings. The van der Waals surface area contributed by atoms with Gasteiger partial charge in [0.1, 0.15) is 5.82 Å². The molecule has 19 heavy (non-hydrogen) atoms. The Morgan fingerprint density at radius 3 is 2.53 bits per heavy atom. The molecule has 4 heteroatoms. The van der Waals surface area contributed by atoms with E-state index in [2.05, 4.69) is 22.6 Å². The van der Waals surface area contributed by atoms with Crippen LogP contribution in [-0.2, 0) is 11.3 Å². The summed E-state index contributed by atoms with van der Waals surface area (Å²) in [5.74, 6) is -0.231. The maximum absolute atomic E-state index is 12.9. The van der Waals surface area contributed by atoms with Crippen molar-refractivity contribution in [1.29, 1.82) is 0 Å². The molecule has 0 radical (unpaired) electrons. The second-order valence-electron chi connectivity index (χ2n) is 4.14. The van der Waals surface area contributed by atoms with Crippen LogP contribution in [0.2, 0.25) is 5.02 Å². The van der Waals surface area contributed by atoms with E-state index in [9.17, 15) is 4.39 Å². The average molecular weight is 391 g/mol. The lowest BCUT2D eigenvalue weighted by Crippen LogP contribution is -2.06. The first kappa shape index (κ1) is 14.8. The summed E-state index contributed by atoms with van der Waals surface area (Å²) in [5.41, 5.74) is 2.02. The molecule has 0 bridgehead atoms. The highest BCUT2D eigenvalue weighted by Crippen LogP contribution is 2.22. The first-order valence-electron chi connectivity index (χ1n) is 5.86. The minimum atomic E-state index is -0.231. The molecule has 0 aliphatic carbocycles. The molecule has 2 aromatic carbocycles. The molecular weight excluding hydrogens is 378 g/mol. The molecule has 100 valence electrons. The number of hydrogen-bond acceptors (Lipinski definition) is 1. The van der Waals surface area contributed by atoms with Gasteiger partial charge in [-0.3, -0.25) is 0 Å². The molecule has 0 aliphatic rings. The van der Waals surface area contributed by atoms with Crippen molar-refractivity contribution < 1.29 is 9.13 Å². The summed E-state index contributed by atoms with van der Waals surface area (Å²) in [7, 11) is 0. The number of benzene rings is 2. The van der Waals surface area contributed by atoms with E-state index < -0.39 is 0 Å². The summed E-state index contributed by atoms with van der Waals surface area (Å²) < 4.78 is 19.6. The fraction of sp³-hybridized carbons (Fsp3) is 0.200. The number of hydrogen-bond donors (Lipinski definition) is 0. The highest BCUT2D eigenvalue weighted by molar-refractivity contribution is 14.1. The van der Waals surface area contributed by atoms with Crippen LogP contribution in [0.4, 0.5) is 4.39 Å². The largest absolute Gasteiger partial charge is 0.368 e. The molecular formula is C15H13ClFIO. The topological polar surface area (TPSA) is 9.23 Å². The predicted octanol–water partition coefficient (Wildman–Crippen LogP) is 5.17. The van der Waals surface area contributed by atoms with Crippen LogP contribution >= 0.6 is 34.2 Å². The average Bonchev–Trinajstić information content (AvgIpc) is 2.41. The minimum Gasteiger partial charge on any atom is -0.368 e. The monoisotopic (exact) mass is 390 g/mol. The van der Waals surface area contributed by atoms with Crippen molar-refractivity contribution in [3.05, 3.63) is 70.5 Å². The van der Waals surface area contributed by atoms with Gasteiger partial charge in [-0.05, 0) is 35.4 Å². The van der Waals surface area contributed by atoms with Gasteiger partial charge in [0.2, 0.25) is 0 Å². The van der Waals surface area contributed by atoms with Crippen molar-refractivity contribution in [1.82, 2.24) is 0 Å². The molecule has 0 saturated carbocycles. The van der Waals surface area contributed by atoms with E-state index in [1.54, 1.807) is 12.1 Å². The highest BCUT2D eigenvalue weighted by Gasteiger charge is 2.10. The lowest BCUT2D eigenvalue weighted by Gasteiger charge is -2.16. The third-order valence-corrected chi connectivity index (χ3v) is 3.76. The summed E-state index contributed by atoms with van der Waals surface area (Å²) in [5, 5.41) is 0.703. The Bertz CT molecular complexity index is 530. The summed E-state index contributed by atoms with van der Waals surface area (Å²) in [6.45, 7) is 0.492. The van der Waals surface area contributed by atoms with Gasteiger partial charge in [0.15, 0.2) is 0 Å². The van der Waals surface area contributed by atoms with Gasteiger partial charge < -0.3 is 4.74 Å². The van der Waals surface area contributed by atoms with Crippen molar-refractivity contribution in [2.45, 2.75) is 12.7 Å². The molecule has 2 rings (SSSR count).